The first-order valence-corrected chi connectivity index (χ1v) is 9.97. The average Bonchev–Trinajstić information content (AvgIpc) is 1.92. The Kier molecular flexibility index (Phi) is 15.9. The van der Waals surface area contributed by atoms with Crippen molar-refractivity contribution in [3.8, 4) is 0 Å². The molecule has 0 atom stereocenters. The van der Waals surface area contributed by atoms with Crippen molar-refractivity contribution in [2.75, 3.05) is 6.61 Å². The van der Waals surface area contributed by atoms with Crippen LogP contribution >= 0.6 is 13.6 Å². The van der Waals surface area contributed by atoms with Crippen LogP contribution in [0.3, 0.4) is 0 Å². The second-order valence-electron chi connectivity index (χ2n) is 1.57. The van der Waals surface area contributed by atoms with Crippen LogP contribution < -0.4 is 0 Å². The number of hydrogen-bond acceptors (Lipinski definition) is 2. The van der Waals surface area contributed by atoms with E-state index in [1.54, 1.807) is 0 Å². The molecule has 2 nitrogen and oxygen atoms in total. The molecule has 0 rings (SSSR count). The summed E-state index contributed by atoms with van der Waals surface area (Å²) in [5.41, 5.74) is 0. The summed E-state index contributed by atoms with van der Waals surface area (Å²) in [5, 5.41) is 0. The number of hydrogen-bond donors (Lipinski definition) is 0. The number of carbonyl (C=O) groups is 1. The molecular formula is C6H11BrO2Zn. The third kappa shape index (κ3) is 15.8. The number of unbranched alkanes of at least 4 members (excludes halogenated alkanes) is 1. The fourth-order valence-corrected chi connectivity index (χ4v) is 0.330. The van der Waals surface area contributed by atoms with Crippen molar-refractivity contribution in [3.63, 3.8) is 0 Å². The first-order valence-electron chi connectivity index (χ1n) is 3.02. The summed E-state index contributed by atoms with van der Waals surface area (Å²) >= 11 is 4.25. The second-order valence-corrected chi connectivity index (χ2v) is 1.57. The molecule has 10 heavy (non-hydrogen) atoms. The van der Waals surface area contributed by atoms with Crippen molar-refractivity contribution < 1.29 is 25.9 Å². The van der Waals surface area contributed by atoms with Crippen LogP contribution in [0.2, 0.25) is 0 Å². The maximum absolute atomic E-state index is 9.99. The van der Waals surface area contributed by atoms with Gasteiger partial charge in [0.05, 0.1) is 6.61 Å². The summed E-state index contributed by atoms with van der Waals surface area (Å²) in [6.07, 6.45) is 1.98. The van der Waals surface area contributed by atoms with Crippen LogP contribution in [-0.4, -0.2) is 12.6 Å². The molecule has 0 aromatic heterocycles. The predicted octanol–water partition coefficient (Wildman–Crippen LogP) is 2.01. The molecule has 0 aromatic rings. The average molecular weight is 260 g/mol. The number of rotatable bonds is 3. The molecule has 0 aromatic carbocycles. The summed E-state index contributed by atoms with van der Waals surface area (Å²) in [4.78, 5) is 9.99. The number of esters is 1. The van der Waals surface area contributed by atoms with Crippen molar-refractivity contribution >= 4 is 19.6 Å². The zero-order chi connectivity index (χ0) is 8.41. The fourth-order valence-electron chi connectivity index (χ4n) is 0.330. The van der Waals surface area contributed by atoms with Gasteiger partial charge in [-0.25, -0.2) is 0 Å². The summed E-state index contributed by atoms with van der Waals surface area (Å²) in [6.45, 7) is 5.60. The van der Waals surface area contributed by atoms with E-state index in [0.29, 0.717) is 6.61 Å². The molecule has 56 valence electrons. The molecule has 0 aliphatic carbocycles. The van der Waals surface area contributed by atoms with Gasteiger partial charge in [0.1, 0.15) is 0 Å². The van der Waals surface area contributed by atoms with Crippen molar-refractivity contribution in [2.24, 2.45) is 0 Å². The van der Waals surface area contributed by atoms with Crippen molar-refractivity contribution in [3.05, 3.63) is 6.92 Å². The molecule has 0 heterocycles. The van der Waals surface area contributed by atoms with Crippen molar-refractivity contribution in [1.29, 1.82) is 0 Å². The molecule has 0 amide bonds. The van der Waals surface area contributed by atoms with E-state index in [2.05, 4.69) is 25.3 Å². The van der Waals surface area contributed by atoms with Crippen molar-refractivity contribution in [2.45, 2.75) is 19.8 Å². The van der Waals surface area contributed by atoms with Gasteiger partial charge < -0.3 is 4.74 Å². The summed E-state index contributed by atoms with van der Waals surface area (Å²) in [6, 6.07) is 0. The summed E-state index contributed by atoms with van der Waals surface area (Å²) in [5.74, 6) is -0.432. The molecule has 4 heteroatoms. The normalized spacial score (nSPS) is 7.60. The van der Waals surface area contributed by atoms with Gasteiger partial charge in [-0.2, -0.15) is 0 Å². The predicted molar refractivity (Wildman–Crippen MR) is 40.2 cm³/mol. The summed E-state index contributed by atoms with van der Waals surface area (Å²) < 4.78 is 4.53. The Morgan fingerprint density at radius 2 is 2.20 bits per heavy atom. The minimum absolute atomic E-state index is 0.432. The van der Waals surface area contributed by atoms with Crippen LogP contribution in [0, 0.1) is 6.92 Å². The van der Waals surface area contributed by atoms with Gasteiger partial charge >= 0.3 is 30.0 Å². The number of ether oxygens (including phenoxy) is 1. The third-order valence-corrected chi connectivity index (χ3v) is 0.761. The molecule has 0 saturated carbocycles. The van der Waals surface area contributed by atoms with Gasteiger partial charge in [0, 0.05) is 0 Å². The van der Waals surface area contributed by atoms with E-state index in [1.165, 1.54) is 16.3 Å². The zero-order valence-electron chi connectivity index (χ0n) is 6.23. The van der Waals surface area contributed by atoms with Gasteiger partial charge in [-0.05, 0) is 6.42 Å². The topological polar surface area (TPSA) is 26.3 Å². The molecular weight excluding hydrogens is 249 g/mol. The standard InChI is InChI=1S/C6H11O2.BrH.Zn/c1-3-4-5-8-6(2)7;;/h2-5H2,1H3;1H;/q-1;;+2/p-1. The first-order chi connectivity index (χ1) is 4.77. The van der Waals surface area contributed by atoms with Gasteiger partial charge in [0.2, 0.25) is 0 Å². The Hall–Kier alpha value is 0.443. The van der Waals surface area contributed by atoms with Crippen LogP contribution in [-0.2, 0) is 25.9 Å². The number of halogens is 1. The van der Waals surface area contributed by atoms with Crippen LogP contribution in [0.15, 0.2) is 0 Å². The van der Waals surface area contributed by atoms with Gasteiger partial charge in [-0.1, -0.05) is 13.3 Å². The maximum atomic E-state index is 9.99. The van der Waals surface area contributed by atoms with Crippen LogP contribution in [0.1, 0.15) is 19.8 Å². The van der Waals surface area contributed by atoms with E-state index in [1.807, 2.05) is 6.92 Å². The molecule has 0 N–H and O–H groups in total. The fraction of sp³-hybridized carbons (Fsp3) is 0.667. The van der Waals surface area contributed by atoms with E-state index in [9.17, 15) is 4.79 Å². The van der Waals surface area contributed by atoms with E-state index in [4.69, 9.17) is 0 Å². The Morgan fingerprint density at radius 3 is 2.50 bits per heavy atom. The second kappa shape index (κ2) is 12.2. The van der Waals surface area contributed by atoms with Gasteiger partial charge in [0.15, 0.2) is 5.97 Å². The SMILES string of the molecule is [CH2-]C(=O)OCCCC.[Zn+][Br]. The molecule has 0 aliphatic heterocycles. The minimum atomic E-state index is -0.432. The van der Waals surface area contributed by atoms with Crippen LogP contribution in [0.4, 0.5) is 0 Å². The zero-order valence-corrected chi connectivity index (χ0v) is 10.8. The van der Waals surface area contributed by atoms with Gasteiger partial charge in [0.25, 0.3) is 0 Å². The van der Waals surface area contributed by atoms with Crippen LogP contribution in [0.25, 0.3) is 0 Å². The van der Waals surface area contributed by atoms with E-state index < -0.39 is 5.97 Å². The van der Waals surface area contributed by atoms with Crippen LogP contribution in [0.5, 0.6) is 0 Å². The summed E-state index contributed by atoms with van der Waals surface area (Å²) in [7, 11) is 0. The molecule has 0 bridgehead atoms. The first kappa shape index (κ1) is 13.1. The molecule has 0 unspecified atom stereocenters. The number of carbonyl (C=O) groups excluding carboxylic acids is 1. The Balaban J connectivity index is 0. The molecule has 0 radical (unpaired) electrons. The molecule has 0 spiro atoms. The molecule has 0 saturated heterocycles. The van der Waals surface area contributed by atoms with E-state index >= 15 is 0 Å². The van der Waals surface area contributed by atoms with Gasteiger partial charge in [-0.3, -0.25) is 11.7 Å². The third-order valence-electron chi connectivity index (χ3n) is 0.761. The van der Waals surface area contributed by atoms with Crippen molar-refractivity contribution in [1.82, 2.24) is 0 Å². The van der Waals surface area contributed by atoms with E-state index in [-0.39, 0.29) is 0 Å². The van der Waals surface area contributed by atoms with Gasteiger partial charge in [-0.15, -0.1) is 0 Å². The quantitative estimate of drug-likeness (QED) is 0.336. The Morgan fingerprint density at radius 1 is 1.70 bits per heavy atom. The van der Waals surface area contributed by atoms with E-state index in [0.717, 1.165) is 12.8 Å². The monoisotopic (exact) mass is 258 g/mol. The Bertz CT molecular complexity index is 78.1. The molecule has 0 fully saturated rings. The Labute approximate surface area is 78.7 Å². The molecule has 0 aliphatic rings.